The van der Waals surface area contributed by atoms with Crippen LogP contribution in [0.2, 0.25) is 0 Å². The number of carbonyl (C=O) groups excluding carboxylic acids is 1. The molecule has 0 atom stereocenters. The Kier molecular flexibility index (Phi) is 25.2. The molecule has 0 fully saturated rings. The van der Waals surface area contributed by atoms with E-state index in [0.717, 1.165) is 0 Å². The second-order valence-corrected chi connectivity index (χ2v) is 1.37. The van der Waals surface area contributed by atoms with Gasteiger partial charge in [0.15, 0.2) is 0 Å². The normalized spacial score (nSPS) is 6.42. The molecule has 12 heavy (non-hydrogen) atoms. The fourth-order valence-electron chi connectivity index (χ4n) is 0.246. The second kappa shape index (κ2) is 13.4. The highest BCUT2D eigenvalue weighted by Gasteiger charge is 1.98. The summed E-state index contributed by atoms with van der Waals surface area (Å²) in [6, 6.07) is 0. The first kappa shape index (κ1) is 22.6. The van der Waals surface area contributed by atoms with Crippen LogP contribution < -0.4 is 11.1 Å². The molecule has 0 aromatic heterocycles. The zero-order valence-electron chi connectivity index (χ0n) is 5.98. The van der Waals surface area contributed by atoms with Gasteiger partial charge in [0.2, 0.25) is 5.91 Å². The van der Waals surface area contributed by atoms with E-state index in [0.29, 0.717) is 0 Å². The Morgan fingerprint density at radius 1 is 1.25 bits per heavy atom. The lowest BCUT2D eigenvalue weighted by Crippen LogP contribution is -2.34. The van der Waals surface area contributed by atoms with E-state index >= 15 is 0 Å². The highest BCUT2D eigenvalue weighted by Crippen LogP contribution is 1.60. The Hall–Kier alpha value is -0.230. The van der Waals surface area contributed by atoms with Gasteiger partial charge in [-0.2, -0.15) is 0 Å². The summed E-state index contributed by atoms with van der Waals surface area (Å²) in [4.78, 5) is 20.0. The monoisotopic (exact) mass is 240 g/mol. The van der Waals surface area contributed by atoms with Crippen LogP contribution >= 0.6 is 37.2 Å². The van der Waals surface area contributed by atoms with Crippen LogP contribution in [0.25, 0.3) is 0 Å². The van der Waals surface area contributed by atoms with Gasteiger partial charge in [-0.25, -0.2) is 0 Å². The number of carboxylic acid groups (broad SMARTS) is 1. The fraction of sp³-hybridized carbons (Fsp3) is 0.500. The van der Waals surface area contributed by atoms with Crippen LogP contribution in [0, 0.1) is 0 Å². The van der Waals surface area contributed by atoms with Gasteiger partial charge in [0.05, 0.1) is 6.54 Å². The summed E-state index contributed by atoms with van der Waals surface area (Å²) in [5.74, 6) is -1.53. The third-order valence-electron chi connectivity index (χ3n) is 0.622. The molecule has 0 heterocycles. The van der Waals surface area contributed by atoms with Crippen molar-refractivity contribution in [3.8, 4) is 0 Å². The van der Waals surface area contributed by atoms with E-state index < -0.39 is 11.9 Å². The molecule has 5 nitrogen and oxygen atoms in total. The fourth-order valence-corrected chi connectivity index (χ4v) is 0.246. The summed E-state index contributed by atoms with van der Waals surface area (Å²) in [6.07, 6.45) is 0. The average molecular weight is 242 g/mol. The molecule has 0 saturated carbocycles. The number of rotatable bonds is 3. The van der Waals surface area contributed by atoms with E-state index in [2.05, 4.69) is 5.32 Å². The van der Waals surface area contributed by atoms with Gasteiger partial charge in [-0.3, -0.25) is 9.59 Å². The van der Waals surface area contributed by atoms with Gasteiger partial charge < -0.3 is 16.2 Å². The lowest BCUT2D eigenvalue weighted by atomic mass is 10.5. The molecule has 0 aliphatic heterocycles. The second-order valence-electron chi connectivity index (χ2n) is 1.37. The van der Waals surface area contributed by atoms with E-state index in [9.17, 15) is 9.59 Å². The molecule has 0 aromatic carbocycles. The molecule has 0 spiro atoms. The van der Waals surface area contributed by atoms with Gasteiger partial charge >= 0.3 is 5.97 Å². The van der Waals surface area contributed by atoms with Crippen molar-refractivity contribution in [2.45, 2.75) is 0 Å². The van der Waals surface area contributed by atoms with E-state index in [1.54, 1.807) is 0 Å². The first-order valence-corrected chi connectivity index (χ1v) is 2.35. The van der Waals surface area contributed by atoms with Gasteiger partial charge in [0.25, 0.3) is 0 Å². The van der Waals surface area contributed by atoms with Crippen LogP contribution in [0.1, 0.15) is 0 Å². The molecular weight excluding hydrogens is 230 g/mol. The molecule has 0 radical (unpaired) electrons. The summed E-state index contributed by atoms with van der Waals surface area (Å²) < 4.78 is 0. The van der Waals surface area contributed by atoms with Crippen LogP contribution in [-0.4, -0.2) is 30.1 Å². The number of nitrogens with one attached hydrogen (secondary N) is 1. The Labute approximate surface area is 88.3 Å². The number of hydrogen-bond donors (Lipinski definition) is 3. The number of carbonyl (C=O) groups is 2. The summed E-state index contributed by atoms with van der Waals surface area (Å²) in [7, 11) is 0. The number of nitrogens with two attached hydrogens (primary N) is 1. The van der Waals surface area contributed by atoms with Crippen LogP contribution in [0.3, 0.4) is 0 Å². The third-order valence-corrected chi connectivity index (χ3v) is 0.622. The molecule has 1 amide bonds. The van der Waals surface area contributed by atoms with Gasteiger partial charge in [0, 0.05) is 0 Å². The smallest absolute Gasteiger partial charge is 0.322 e. The number of carboxylic acids is 1. The Balaban J connectivity index is -0.000000107. The Bertz CT molecular complexity index is 133. The number of hydrogen-bond acceptors (Lipinski definition) is 3. The largest absolute Gasteiger partial charge is 0.480 e. The SMILES string of the molecule is Cl.Cl.Cl.NCC(=O)NCC(=O)O. The molecule has 4 N–H and O–H groups in total. The average Bonchev–Trinajstić information content (AvgIpc) is 1.83. The van der Waals surface area contributed by atoms with E-state index in [-0.39, 0.29) is 50.3 Å². The van der Waals surface area contributed by atoms with Gasteiger partial charge in [-0.05, 0) is 0 Å². The van der Waals surface area contributed by atoms with Crippen LogP contribution in [0.5, 0.6) is 0 Å². The summed E-state index contributed by atoms with van der Waals surface area (Å²) >= 11 is 0. The minimum absolute atomic E-state index is 0. The first-order chi connectivity index (χ1) is 4.16. The third kappa shape index (κ3) is 16.4. The maximum absolute atomic E-state index is 10.2. The van der Waals surface area contributed by atoms with Crippen LogP contribution in [-0.2, 0) is 9.59 Å². The maximum atomic E-state index is 10.2. The molecule has 0 aromatic rings. The lowest BCUT2D eigenvalue weighted by molar-refractivity contribution is -0.137. The lowest BCUT2D eigenvalue weighted by Gasteiger charge is -1.95. The molecule has 0 unspecified atom stereocenters. The van der Waals surface area contributed by atoms with Crippen molar-refractivity contribution in [3.63, 3.8) is 0 Å². The summed E-state index contributed by atoms with van der Waals surface area (Å²) in [6.45, 7) is -0.538. The predicted octanol–water partition coefficient (Wildman–Crippen LogP) is -0.589. The van der Waals surface area contributed by atoms with E-state index in [4.69, 9.17) is 10.8 Å². The van der Waals surface area contributed by atoms with Gasteiger partial charge in [-0.15, -0.1) is 37.2 Å². The number of aliphatic carboxylic acids is 1. The molecule has 0 aliphatic carbocycles. The zero-order chi connectivity index (χ0) is 7.28. The Morgan fingerprint density at radius 2 is 1.67 bits per heavy atom. The van der Waals surface area contributed by atoms with E-state index in [1.807, 2.05) is 0 Å². The first-order valence-electron chi connectivity index (χ1n) is 2.35. The predicted molar refractivity (Wildman–Crippen MR) is 51.4 cm³/mol. The zero-order valence-corrected chi connectivity index (χ0v) is 8.43. The molecule has 8 heteroatoms. The summed E-state index contributed by atoms with van der Waals surface area (Å²) in [5, 5.41) is 10.1. The van der Waals surface area contributed by atoms with E-state index in [1.165, 1.54) is 0 Å². The van der Waals surface area contributed by atoms with Crippen LogP contribution in [0.4, 0.5) is 0 Å². The van der Waals surface area contributed by atoms with Gasteiger partial charge in [0.1, 0.15) is 6.54 Å². The number of halogens is 3. The van der Waals surface area contributed by atoms with Crippen molar-refractivity contribution in [2.75, 3.05) is 13.1 Å². The van der Waals surface area contributed by atoms with Crippen molar-refractivity contribution < 1.29 is 14.7 Å². The minimum atomic E-state index is -1.07. The molecule has 0 rings (SSSR count). The summed E-state index contributed by atoms with van der Waals surface area (Å²) in [5.41, 5.74) is 4.85. The molecular formula is C4H11Cl3N2O3. The Morgan fingerprint density at radius 3 is 1.92 bits per heavy atom. The topological polar surface area (TPSA) is 92.4 Å². The van der Waals surface area contributed by atoms with Crippen molar-refractivity contribution in [2.24, 2.45) is 5.73 Å². The van der Waals surface area contributed by atoms with Crippen LogP contribution in [0.15, 0.2) is 0 Å². The van der Waals surface area contributed by atoms with Gasteiger partial charge in [-0.1, -0.05) is 0 Å². The molecule has 0 saturated heterocycles. The van der Waals surface area contributed by atoms with Crippen molar-refractivity contribution in [3.05, 3.63) is 0 Å². The van der Waals surface area contributed by atoms with Crippen molar-refractivity contribution in [1.29, 1.82) is 0 Å². The standard InChI is InChI=1S/C4H8N2O3.3ClH/c5-1-3(7)6-2-4(8)9;;;/h1-2,5H2,(H,6,7)(H,8,9);3*1H. The maximum Gasteiger partial charge on any atom is 0.322 e. The highest BCUT2D eigenvalue weighted by atomic mass is 35.5. The minimum Gasteiger partial charge on any atom is -0.480 e. The van der Waals surface area contributed by atoms with Crippen molar-refractivity contribution in [1.82, 2.24) is 5.32 Å². The molecule has 0 aliphatic rings. The molecule has 0 bridgehead atoms. The molecule has 76 valence electrons. The highest BCUT2D eigenvalue weighted by molar-refractivity contribution is 5.86. The van der Waals surface area contributed by atoms with Crippen molar-refractivity contribution >= 4 is 49.1 Å². The quantitative estimate of drug-likeness (QED) is 0.616. The number of amides is 1.